The Morgan fingerprint density at radius 2 is 2.05 bits per heavy atom. The van der Waals surface area contributed by atoms with E-state index in [9.17, 15) is 18.0 Å². The van der Waals surface area contributed by atoms with Crippen molar-refractivity contribution in [3.8, 4) is 0 Å². The Labute approximate surface area is 123 Å². The molecule has 0 saturated carbocycles. The van der Waals surface area contributed by atoms with Crippen LogP contribution in [0.5, 0.6) is 0 Å². The van der Waals surface area contributed by atoms with Crippen molar-refractivity contribution in [2.45, 2.75) is 18.2 Å². The Hall–Kier alpha value is -1.87. The van der Waals surface area contributed by atoms with Crippen molar-refractivity contribution < 1.29 is 23.1 Å². The van der Waals surface area contributed by atoms with E-state index in [1.54, 1.807) is 14.0 Å². The smallest absolute Gasteiger partial charge is 0.307 e. The lowest BCUT2D eigenvalue weighted by Crippen LogP contribution is -2.32. The second-order valence-corrected chi connectivity index (χ2v) is 6.31. The molecule has 3 N–H and O–H groups in total. The molecule has 21 heavy (non-hydrogen) atoms. The Morgan fingerprint density at radius 1 is 1.43 bits per heavy atom. The topological polar surface area (TPSA) is 117 Å². The zero-order valence-electron chi connectivity index (χ0n) is 12.1. The lowest BCUT2D eigenvalue weighted by molar-refractivity contribution is -0.141. The first kappa shape index (κ1) is 17.2. The predicted molar refractivity (Wildman–Crippen MR) is 75.4 cm³/mol. The van der Waals surface area contributed by atoms with Crippen molar-refractivity contribution in [3.63, 3.8) is 0 Å². The van der Waals surface area contributed by atoms with Gasteiger partial charge in [0.05, 0.1) is 5.92 Å². The van der Waals surface area contributed by atoms with Crippen LogP contribution in [0, 0.1) is 5.92 Å². The third kappa shape index (κ3) is 4.05. The third-order valence-electron chi connectivity index (χ3n) is 3.11. The molecular formula is C12H19N3O5S. The predicted octanol–water partition coefficient (Wildman–Crippen LogP) is -0.226. The number of hydrogen-bond acceptors (Lipinski definition) is 4. The van der Waals surface area contributed by atoms with Gasteiger partial charge in [-0.15, -0.1) is 0 Å². The van der Waals surface area contributed by atoms with Gasteiger partial charge in [-0.05, 0) is 12.5 Å². The molecule has 9 heteroatoms. The van der Waals surface area contributed by atoms with Crippen LogP contribution in [-0.2, 0) is 21.9 Å². The molecule has 0 saturated heterocycles. The van der Waals surface area contributed by atoms with Gasteiger partial charge in [-0.1, -0.05) is 6.92 Å². The number of carboxylic acid groups (broad SMARTS) is 1. The molecule has 0 bridgehead atoms. The quantitative estimate of drug-likeness (QED) is 0.642. The molecule has 1 aromatic heterocycles. The highest BCUT2D eigenvalue weighted by Crippen LogP contribution is 2.14. The minimum absolute atomic E-state index is 0.0798. The van der Waals surface area contributed by atoms with Crippen molar-refractivity contribution in [3.05, 3.63) is 18.0 Å². The number of aryl methyl sites for hydroxylation is 1. The standard InChI is InChI=1S/C12H19N3O5S/c1-4-8(12(17)18)6-14-21(19,20)9-5-10(11(16)13-2)15(3)7-9/h5,7-8,14H,4,6H2,1-3H3,(H,13,16)(H,17,18). The Kier molecular flexibility index (Phi) is 5.50. The second-order valence-electron chi connectivity index (χ2n) is 4.55. The fourth-order valence-electron chi connectivity index (χ4n) is 1.73. The van der Waals surface area contributed by atoms with E-state index in [2.05, 4.69) is 10.0 Å². The van der Waals surface area contributed by atoms with Gasteiger partial charge in [0.1, 0.15) is 10.6 Å². The Morgan fingerprint density at radius 3 is 2.52 bits per heavy atom. The molecule has 1 amide bonds. The molecule has 1 unspecified atom stereocenters. The van der Waals surface area contributed by atoms with Gasteiger partial charge in [0.15, 0.2) is 0 Å². The number of carbonyl (C=O) groups excluding carboxylic acids is 1. The Bertz CT molecular complexity index is 635. The van der Waals surface area contributed by atoms with Gasteiger partial charge >= 0.3 is 5.97 Å². The normalized spacial score (nSPS) is 12.9. The summed E-state index contributed by atoms with van der Waals surface area (Å²) in [7, 11) is -0.860. The second kappa shape index (κ2) is 6.72. The number of amides is 1. The van der Waals surface area contributed by atoms with Crippen molar-refractivity contribution >= 4 is 21.9 Å². The molecule has 1 heterocycles. The van der Waals surface area contributed by atoms with Crippen molar-refractivity contribution in [2.24, 2.45) is 13.0 Å². The summed E-state index contributed by atoms with van der Waals surface area (Å²) in [4.78, 5) is 22.4. The first-order valence-electron chi connectivity index (χ1n) is 6.33. The minimum atomic E-state index is -3.86. The SMILES string of the molecule is CCC(CNS(=O)(=O)c1cc(C(=O)NC)n(C)c1)C(=O)O. The zero-order chi connectivity index (χ0) is 16.2. The van der Waals surface area contributed by atoms with Gasteiger partial charge in [-0.25, -0.2) is 13.1 Å². The number of sulfonamides is 1. The number of hydrogen-bond donors (Lipinski definition) is 3. The average molecular weight is 317 g/mol. The first-order chi connectivity index (χ1) is 9.72. The summed E-state index contributed by atoms with van der Waals surface area (Å²) in [6, 6.07) is 1.24. The molecule has 1 atom stereocenters. The van der Waals surface area contributed by atoms with Crippen molar-refractivity contribution in [2.75, 3.05) is 13.6 Å². The summed E-state index contributed by atoms with van der Waals surface area (Å²) < 4.78 is 27.8. The number of carbonyl (C=O) groups is 2. The summed E-state index contributed by atoms with van der Waals surface area (Å²) in [6.45, 7) is 1.47. The summed E-state index contributed by atoms with van der Waals surface area (Å²) in [5.74, 6) is -2.25. The molecule has 0 fully saturated rings. The summed E-state index contributed by atoms with van der Waals surface area (Å²) in [5, 5.41) is 11.3. The highest BCUT2D eigenvalue weighted by molar-refractivity contribution is 7.89. The molecule has 0 spiro atoms. The summed E-state index contributed by atoms with van der Waals surface area (Å²) in [6.07, 6.45) is 1.62. The molecule has 1 aromatic rings. The fourth-order valence-corrected chi connectivity index (χ4v) is 2.89. The van der Waals surface area contributed by atoms with E-state index < -0.39 is 27.8 Å². The van der Waals surface area contributed by atoms with Gasteiger partial charge in [0.2, 0.25) is 10.0 Å². The summed E-state index contributed by atoms with van der Waals surface area (Å²) in [5.41, 5.74) is 0.197. The zero-order valence-corrected chi connectivity index (χ0v) is 12.9. The number of rotatable bonds is 7. The van der Waals surface area contributed by atoms with Crippen molar-refractivity contribution in [1.29, 1.82) is 0 Å². The maximum absolute atomic E-state index is 12.1. The largest absolute Gasteiger partial charge is 0.481 e. The van der Waals surface area contributed by atoms with Crippen LogP contribution in [0.1, 0.15) is 23.8 Å². The number of aliphatic carboxylic acids is 1. The van der Waals surface area contributed by atoms with Crippen LogP contribution in [0.3, 0.4) is 0 Å². The monoisotopic (exact) mass is 317 g/mol. The maximum atomic E-state index is 12.1. The molecule has 0 aromatic carbocycles. The minimum Gasteiger partial charge on any atom is -0.481 e. The van der Waals surface area contributed by atoms with Crippen molar-refractivity contribution in [1.82, 2.24) is 14.6 Å². The van der Waals surface area contributed by atoms with E-state index in [1.807, 2.05) is 0 Å². The van der Waals surface area contributed by atoms with E-state index in [4.69, 9.17) is 5.11 Å². The lowest BCUT2D eigenvalue weighted by Gasteiger charge is -2.10. The number of aromatic nitrogens is 1. The van der Waals surface area contributed by atoms with E-state index in [0.717, 1.165) is 0 Å². The van der Waals surface area contributed by atoms with Crippen LogP contribution >= 0.6 is 0 Å². The van der Waals surface area contributed by atoms with Gasteiger partial charge in [0.25, 0.3) is 5.91 Å². The van der Waals surface area contributed by atoms with Crippen LogP contribution in [0.4, 0.5) is 0 Å². The van der Waals surface area contributed by atoms with Crippen LogP contribution in [0.25, 0.3) is 0 Å². The van der Waals surface area contributed by atoms with Gasteiger partial charge < -0.3 is 15.0 Å². The summed E-state index contributed by atoms with van der Waals surface area (Å²) >= 11 is 0. The molecule has 118 valence electrons. The van der Waals surface area contributed by atoms with E-state index in [0.29, 0.717) is 6.42 Å². The highest BCUT2D eigenvalue weighted by Gasteiger charge is 2.23. The van der Waals surface area contributed by atoms with Gasteiger partial charge in [-0.2, -0.15) is 0 Å². The van der Waals surface area contributed by atoms with Crippen LogP contribution in [0.2, 0.25) is 0 Å². The Balaban J connectivity index is 2.94. The maximum Gasteiger partial charge on any atom is 0.307 e. The van der Waals surface area contributed by atoms with Crippen LogP contribution in [-0.4, -0.2) is 43.6 Å². The van der Waals surface area contributed by atoms with Gasteiger partial charge in [0, 0.05) is 26.8 Å². The molecule has 0 aliphatic heterocycles. The van der Waals surface area contributed by atoms with E-state index in [-0.39, 0.29) is 17.1 Å². The van der Waals surface area contributed by atoms with Crippen LogP contribution in [0.15, 0.2) is 17.2 Å². The number of nitrogens with one attached hydrogen (secondary N) is 2. The molecular weight excluding hydrogens is 298 g/mol. The van der Waals surface area contributed by atoms with Crippen LogP contribution < -0.4 is 10.0 Å². The molecule has 8 nitrogen and oxygen atoms in total. The molecule has 0 aliphatic carbocycles. The van der Waals surface area contributed by atoms with Gasteiger partial charge in [-0.3, -0.25) is 9.59 Å². The number of carboxylic acids is 1. The molecule has 0 aliphatic rings. The average Bonchev–Trinajstić information content (AvgIpc) is 2.81. The highest BCUT2D eigenvalue weighted by atomic mass is 32.2. The van der Waals surface area contributed by atoms with E-state index in [1.165, 1.54) is 23.9 Å². The molecule has 0 radical (unpaired) electrons. The first-order valence-corrected chi connectivity index (χ1v) is 7.82. The third-order valence-corrected chi connectivity index (χ3v) is 4.50. The lowest BCUT2D eigenvalue weighted by atomic mass is 10.1. The number of nitrogens with zero attached hydrogens (tertiary/aromatic N) is 1. The van der Waals surface area contributed by atoms with E-state index >= 15 is 0 Å². The fraction of sp³-hybridized carbons (Fsp3) is 0.500. The molecule has 1 rings (SSSR count).